The Bertz CT molecular complexity index is 1480. The molecule has 0 radical (unpaired) electrons. The first kappa shape index (κ1) is 28.3. The summed E-state index contributed by atoms with van der Waals surface area (Å²) in [6, 6.07) is 6.26. The van der Waals surface area contributed by atoms with Crippen molar-refractivity contribution < 1.29 is 22.8 Å². The van der Waals surface area contributed by atoms with Crippen LogP contribution in [0.25, 0.3) is 0 Å². The number of nitrogens with zero attached hydrogens (tertiary/aromatic N) is 5. The van der Waals surface area contributed by atoms with E-state index in [1.54, 1.807) is 31.5 Å². The zero-order valence-electron chi connectivity index (χ0n) is 22.1. The molecule has 2 aromatic heterocycles. The maximum absolute atomic E-state index is 13.3. The van der Waals surface area contributed by atoms with Crippen LogP contribution in [0.2, 0.25) is 0 Å². The molecular formula is C26H30N6O5S3. The molecule has 11 nitrogen and oxygen atoms in total. The highest BCUT2D eigenvalue weighted by atomic mass is 32.2. The molecular weight excluding hydrogens is 573 g/mol. The number of hydrogen-bond donors (Lipinski definition) is 1. The lowest BCUT2D eigenvalue weighted by Gasteiger charge is -2.39. The van der Waals surface area contributed by atoms with Crippen LogP contribution in [0, 0.1) is 0 Å². The summed E-state index contributed by atoms with van der Waals surface area (Å²) in [7, 11) is -3.35. The molecule has 0 unspecified atom stereocenters. The van der Waals surface area contributed by atoms with E-state index in [2.05, 4.69) is 25.3 Å². The Hall–Kier alpha value is -3.20. The summed E-state index contributed by atoms with van der Waals surface area (Å²) in [5, 5.41) is 9.51. The number of nitrogens with one attached hydrogen (secondary N) is 1. The van der Waals surface area contributed by atoms with Gasteiger partial charge in [-0.1, -0.05) is 17.3 Å². The summed E-state index contributed by atoms with van der Waals surface area (Å²) in [4.78, 5) is 44.4. The van der Waals surface area contributed by atoms with Gasteiger partial charge in [-0.3, -0.25) is 19.8 Å². The lowest BCUT2D eigenvalue weighted by molar-refractivity contribution is -0.133. The molecule has 3 aromatic rings. The summed E-state index contributed by atoms with van der Waals surface area (Å²) in [5.41, 5.74) is 0.415. The van der Waals surface area contributed by atoms with Crippen molar-refractivity contribution in [3.05, 3.63) is 57.5 Å². The van der Waals surface area contributed by atoms with Gasteiger partial charge in [0.15, 0.2) is 27.3 Å². The molecule has 2 fully saturated rings. The monoisotopic (exact) mass is 602 g/mol. The molecule has 1 aliphatic carbocycles. The Balaban J connectivity index is 1.27. The molecule has 1 aliphatic heterocycles. The number of carbonyl (C=O) groups is 2. The zero-order chi connectivity index (χ0) is 28.3. The van der Waals surface area contributed by atoms with E-state index in [-0.39, 0.29) is 34.4 Å². The normalized spacial score (nSPS) is 18.5. The zero-order valence-corrected chi connectivity index (χ0v) is 24.6. The minimum atomic E-state index is -3.35. The highest BCUT2D eigenvalue weighted by Gasteiger charge is 2.37. The molecule has 14 heteroatoms. The van der Waals surface area contributed by atoms with Gasteiger partial charge in [0.2, 0.25) is 5.91 Å². The molecule has 0 spiro atoms. The van der Waals surface area contributed by atoms with Gasteiger partial charge < -0.3 is 9.74 Å². The van der Waals surface area contributed by atoms with Crippen LogP contribution in [-0.2, 0) is 37.4 Å². The number of benzene rings is 1. The quantitative estimate of drug-likeness (QED) is 0.276. The minimum Gasteiger partial charge on any atom is -0.388 e. The van der Waals surface area contributed by atoms with Crippen molar-refractivity contribution in [2.45, 2.75) is 56.0 Å². The van der Waals surface area contributed by atoms with E-state index in [0.717, 1.165) is 18.0 Å². The van der Waals surface area contributed by atoms with E-state index in [0.29, 0.717) is 41.6 Å². The van der Waals surface area contributed by atoms with Gasteiger partial charge in [-0.2, -0.15) is 0 Å². The maximum atomic E-state index is 13.3. The van der Waals surface area contributed by atoms with Gasteiger partial charge in [-0.15, -0.1) is 22.7 Å². The summed E-state index contributed by atoms with van der Waals surface area (Å²) < 4.78 is 25.2. The Morgan fingerprint density at radius 3 is 2.60 bits per heavy atom. The molecule has 1 N–H and O–H groups in total. The SMILES string of the molecule is CC(=O)N1CCN(Cc2cnc(NC(=O)C(=NOCc3nccs3)c3ccc(S(=O)(=O)C4CC4)cc3)s2)C[C@@H]1C. The second-order valence-corrected chi connectivity index (χ2v) is 14.1. The van der Waals surface area contributed by atoms with Crippen molar-refractivity contribution in [2.24, 2.45) is 5.16 Å². The van der Waals surface area contributed by atoms with Crippen molar-refractivity contribution in [1.82, 2.24) is 19.8 Å². The Labute approximate surface area is 240 Å². The van der Waals surface area contributed by atoms with Crippen molar-refractivity contribution in [3.8, 4) is 0 Å². The van der Waals surface area contributed by atoms with Crippen LogP contribution >= 0.6 is 22.7 Å². The standard InChI is InChI=1S/C26H30N6O5S3/c1-17-14-31(10-11-32(17)18(2)33)15-20-13-28-26(39-20)29-25(34)24(30-37-16-23-27-9-12-38-23)19-3-5-21(6-4-19)40(35,36)22-7-8-22/h3-6,9,12-13,17,22H,7-8,10-11,14-16H2,1-2H3,(H,28,29,34)/t17-/m0/s1. The minimum absolute atomic E-state index is 0.00199. The first-order chi connectivity index (χ1) is 19.2. The number of carbonyl (C=O) groups excluding carboxylic acids is 2. The van der Waals surface area contributed by atoms with E-state index < -0.39 is 15.7 Å². The van der Waals surface area contributed by atoms with E-state index in [1.807, 2.05) is 17.2 Å². The van der Waals surface area contributed by atoms with Crippen LogP contribution in [0.3, 0.4) is 0 Å². The van der Waals surface area contributed by atoms with Crippen LogP contribution in [-0.4, -0.2) is 76.6 Å². The van der Waals surface area contributed by atoms with Crippen molar-refractivity contribution in [1.29, 1.82) is 0 Å². The van der Waals surface area contributed by atoms with Crippen LogP contribution in [0.15, 0.2) is 52.1 Å². The number of thiazole rings is 2. The smallest absolute Gasteiger partial charge is 0.280 e. The number of aromatic nitrogens is 2. The van der Waals surface area contributed by atoms with E-state index in [1.165, 1.54) is 34.8 Å². The van der Waals surface area contributed by atoms with Gasteiger partial charge >= 0.3 is 0 Å². The van der Waals surface area contributed by atoms with Gasteiger partial charge in [-0.05, 0) is 31.9 Å². The largest absolute Gasteiger partial charge is 0.388 e. The molecule has 0 bridgehead atoms. The molecule has 40 heavy (non-hydrogen) atoms. The molecule has 1 aromatic carbocycles. The second kappa shape index (κ2) is 12.1. The molecule has 3 heterocycles. The Morgan fingerprint density at radius 1 is 1.18 bits per heavy atom. The third-order valence-corrected chi connectivity index (χ3v) is 10.7. The summed E-state index contributed by atoms with van der Waals surface area (Å²) in [5.74, 6) is -0.441. The fourth-order valence-corrected chi connectivity index (χ4v) is 7.56. The Morgan fingerprint density at radius 2 is 1.95 bits per heavy atom. The number of anilines is 1. The Kier molecular flexibility index (Phi) is 8.59. The predicted octanol–water partition coefficient (Wildman–Crippen LogP) is 3.15. The number of oxime groups is 1. The molecule has 1 saturated heterocycles. The molecule has 1 saturated carbocycles. The van der Waals surface area contributed by atoms with Gasteiger partial charge in [0.05, 0.1) is 10.1 Å². The number of rotatable bonds is 10. The van der Waals surface area contributed by atoms with Gasteiger partial charge in [0, 0.05) is 67.4 Å². The maximum Gasteiger partial charge on any atom is 0.280 e. The average molecular weight is 603 g/mol. The molecule has 2 amide bonds. The van der Waals surface area contributed by atoms with Crippen LogP contribution < -0.4 is 5.32 Å². The molecule has 1 atom stereocenters. The topological polar surface area (TPSA) is 134 Å². The van der Waals surface area contributed by atoms with Crippen LogP contribution in [0.5, 0.6) is 0 Å². The number of hydrogen-bond acceptors (Lipinski definition) is 11. The highest BCUT2D eigenvalue weighted by Crippen LogP contribution is 2.33. The third kappa shape index (κ3) is 6.74. The van der Waals surface area contributed by atoms with Gasteiger partial charge in [0.25, 0.3) is 5.91 Å². The summed E-state index contributed by atoms with van der Waals surface area (Å²) in [6.45, 7) is 6.61. The molecule has 2 aliphatic rings. The van der Waals surface area contributed by atoms with E-state index in [4.69, 9.17) is 4.84 Å². The van der Waals surface area contributed by atoms with Crippen LogP contribution in [0.4, 0.5) is 5.13 Å². The van der Waals surface area contributed by atoms with E-state index in [9.17, 15) is 18.0 Å². The number of amides is 2. The first-order valence-corrected chi connectivity index (χ1v) is 16.1. The second-order valence-electron chi connectivity index (χ2n) is 9.79. The summed E-state index contributed by atoms with van der Waals surface area (Å²) >= 11 is 2.77. The lowest BCUT2D eigenvalue weighted by Crippen LogP contribution is -2.52. The molecule has 212 valence electrons. The van der Waals surface area contributed by atoms with E-state index >= 15 is 0 Å². The fourth-order valence-electron chi connectivity index (χ4n) is 4.53. The average Bonchev–Trinajstić information content (AvgIpc) is 3.51. The number of piperazine rings is 1. The lowest BCUT2D eigenvalue weighted by atomic mass is 10.1. The third-order valence-electron chi connectivity index (χ3n) is 6.73. The number of sulfone groups is 1. The summed E-state index contributed by atoms with van der Waals surface area (Å²) in [6.07, 6.45) is 4.74. The predicted molar refractivity (Wildman–Crippen MR) is 153 cm³/mol. The highest BCUT2D eigenvalue weighted by molar-refractivity contribution is 7.92. The van der Waals surface area contributed by atoms with Crippen LogP contribution in [0.1, 0.15) is 42.1 Å². The van der Waals surface area contributed by atoms with Crippen molar-refractivity contribution >= 4 is 55.2 Å². The van der Waals surface area contributed by atoms with Crippen molar-refractivity contribution in [3.63, 3.8) is 0 Å². The van der Waals surface area contributed by atoms with Gasteiger partial charge in [0.1, 0.15) is 5.01 Å². The molecule has 5 rings (SSSR count). The first-order valence-electron chi connectivity index (χ1n) is 12.9. The fraction of sp³-hybridized carbons (Fsp3) is 0.423. The van der Waals surface area contributed by atoms with Gasteiger partial charge in [-0.25, -0.2) is 18.4 Å². The van der Waals surface area contributed by atoms with Crippen molar-refractivity contribution in [2.75, 3.05) is 25.0 Å².